The Morgan fingerprint density at radius 2 is 1.44 bits per heavy atom. The van der Waals surface area contributed by atoms with Crippen LogP contribution >= 0.6 is 0 Å². The zero-order valence-corrected chi connectivity index (χ0v) is 13.8. The Morgan fingerprint density at radius 3 is 1.72 bits per heavy atom. The second-order valence-corrected chi connectivity index (χ2v) is 6.40. The maximum Gasteiger partial charge on any atom is 0.0246 e. The summed E-state index contributed by atoms with van der Waals surface area (Å²) >= 11 is 0. The third-order valence-electron chi connectivity index (χ3n) is 3.52. The number of rotatable bonds is 10. The van der Waals surface area contributed by atoms with Crippen molar-refractivity contribution in [1.29, 1.82) is 0 Å². The molecule has 0 aliphatic heterocycles. The highest BCUT2D eigenvalue weighted by Crippen LogP contribution is 2.17. The zero-order valence-electron chi connectivity index (χ0n) is 13.8. The molecular formula is C16H36N2. The van der Waals surface area contributed by atoms with Crippen molar-refractivity contribution in [2.75, 3.05) is 20.1 Å². The Labute approximate surface area is 116 Å². The van der Waals surface area contributed by atoms with E-state index < -0.39 is 0 Å². The lowest BCUT2D eigenvalue weighted by Gasteiger charge is -2.38. The molecule has 2 nitrogen and oxygen atoms in total. The molecule has 0 aromatic rings. The summed E-state index contributed by atoms with van der Waals surface area (Å²) < 4.78 is 0. The van der Waals surface area contributed by atoms with Gasteiger partial charge in [-0.15, -0.1) is 0 Å². The van der Waals surface area contributed by atoms with E-state index in [9.17, 15) is 0 Å². The molecule has 0 fully saturated rings. The van der Waals surface area contributed by atoms with Crippen molar-refractivity contribution in [2.24, 2.45) is 11.8 Å². The van der Waals surface area contributed by atoms with Crippen LogP contribution in [0.2, 0.25) is 0 Å². The standard InChI is InChI=1S/C16H36N2/c1-8-10-15(17-7)16(9-2)18(11-13(3)4)12-14(5)6/h13-17H,8-12H2,1-7H3. The predicted molar refractivity (Wildman–Crippen MR) is 83.1 cm³/mol. The highest BCUT2D eigenvalue weighted by atomic mass is 15.2. The van der Waals surface area contributed by atoms with E-state index in [4.69, 9.17) is 0 Å². The quantitative estimate of drug-likeness (QED) is 0.640. The smallest absolute Gasteiger partial charge is 0.0246 e. The summed E-state index contributed by atoms with van der Waals surface area (Å²) in [6.45, 7) is 16.4. The molecule has 1 N–H and O–H groups in total. The molecule has 18 heavy (non-hydrogen) atoms. The van der Waals surface area contributed by atoms with Gasteiger partial charge in [0.05, 0.1) is 0 Å². The highest BCUT2D eigenvalue weighted by molar-refractivity contribution is 4.83. The van der Waals surface area contributed by atoms with Gasteiger partial charge in [0.1, 0.15) is 0 Å². The minimum Gasteiger partial charge on any atom is -0.315 e. The molecule has 0 amide bonds. The van der Waals surface area contributed by atoms with Crippen molar-refractivity contribution in [3.63, 3.8) is 0 Å². The van der Waals surface area contributed by atoms with Gasteiger partial charge in [-0.3, -0.25) is 4.90 Å². The van der Waals surface area contributed by atoms with Crippen molar-refractivity contribution in [3.8, 4) is 0 Å². The molecule has 0 aliphatic carbocycles. The van der Waals surface area contributed by atoms with Gasteiger partial charge in [0.15, 0.2) is 0 Å². The average Bonchev–Trinajstić information content (AvgIpc) is 2.27. The number of likely N-dealkylation sites (N-methyl/N-ethyl adjacent to an activating group) is 1. The highest BCUT2D eigenvalue weighted by Gasteiger charge is 2.25. The number of nitrogens with zero attached hydrogens (tertiary/aromatic N) is 1. The Balaban J connectivity index is 4.75. The van der Waals surface area contributed by atoms with Crippen LogP contribution in [0.3, 0.4) is 0 Å². The second-order valence-electron chi connectivity index (χ2n) is 6.40. The average molecular weight is 256 g/mol. The van der Waals surface area contributed by atoms with Gasteiger partial charge in [0.2, 0.25) is 0 Å². The first-order chi connectivity index (χ1) is 8.46. The molecule has 0 rings (SSSR count). The fraction of sp³-hybridized carbons (Fsp3) is 1.00. The van der Waals surface area contributed by atoms with E-state index >= 15 is 0 Å². The lowest BCUT2D eigenvalue weighted by Crippen LogP contribution is -2.51. The van der Waals surface area contributed by atoms with E-state index in [1.807, 2.05) is 0 Å². The van der Waals surface area contributed by atoms with Gasteiger partial charge in [-0.2, -0.15) is 0 Å². The Kier molecular flexibility index (Phi) is 9.76. The third kappa shape index (κ3) is 6.75. The largest absolute Gasteiger partial charge is 0.315 e. The molecule has 0 radical (unpaired) electrons. The van der Waals surface area contributed by atoms with Gasteiger partial charge in [-0.25, -0.2) is 0 Å². The number of hydrogen-bond donors (Lipinski definition) is 1. The van der Waals surface area contributed by atoms with Crippen LogP contribution in [0, 0.1) is 11.8 Å². The minimum absolute atomic E-state index is 0.637. The lowest BCUT2D eigenvalue weighted by molar-refractivity contribution is 0.119. The van der Waals surface area contributed by atoms with Crippen molar-refractivity contribution in [1.82, 2.24) is 10.2 Å². The lowest BCUT2D eigenvalue weighted by atomic mass is 9.97. The zero-order chi connectivity index (χ0) is 14.1. The fourth-order valence-corrected chi connectivity index (χ4v) is 2.92. The van der Waals surface area contributed by atoms with Gasteiger partial charge in [-0.1, -0.05) is 48.0 Å². The van der Waals surface area contributed by atoms with Crippen molar-refractivity contribution < 1.29 is 0 Å². The summed E-state index contributed by atoms with van der Waals surface area (Å²) in [7, 11) is 2.12. The topological polar surface area (TPSA) is 15.3 Å². The Hall–Kier alpha value is -0.0800. The van der Waals surface area contributed by atoms with Crippen LogP contribution in [0.25, 0.3) is 0 Å². The SMILES string of the molecule is CCCC(NC)C(CC)N(CC(C)C)CC(C)C. The van der Waals surface area contributed by atoms with Gasteiger partial charge in [0, 0.05) is 25.2 Å². The van der Waals surface area contributed by atoms with Gasteiger partial charge in [-0.05, 0) is 31.7 Å². The van der Waals surface area contributed by atoms with Crippen LogP contribution in [0.5, 0.6) is 0 Å². The first kappa shape index (κ1) is 17.9. The molecular weight excluding hydrogens is 220 g/mol. The van der Waals surface area contributed by atoms with Crippen molar-refractivity contribution in [3.05, 3.63) is 0 Å². The van der Waals surface area contributed by atoms with Gasteiger partial charge < -0.3 is 5.32 Å². The number of hydrogen-bond acceptors (Lipinski definition) is 2. The molecule has 2 unspecified atom stereocenters. The molecule has 0 saturated carbocycles. The molecule has 0 aliphatic rings. The Morgan fingerprint density at radius 1 is 0.944 bits per heavy atom. The maximum atomic E-state index is 3.54. The molecule has 0 aromatic heterocycles. The van der Waals surface area contributed by atoms with Crippen LogP contribution < -0.4 is 5.32 Å². The van der Waals surface area contributed by atoms with Crippen LogP contribution in [0.1, 0.15) is 60.8 Å². The summed E-state index contributed by atoms with van der Waals surface area (Å²) in [4.78, 5) is 2.71. The maximum absolute atomic E-state index is 3.54. The molecule has 0 aromatic carbocycles. The summed E-state index contributed by atoms with van der Waals surface area (Å²) in [5, 5.41) is 3.54. The molecule has 2 heteroatoms. The van der Waals surface area contributed by atoms with E-state index in [1.165, 1.54) is 32.4 Å². The molecule has 0 bridgehead atoms. The van der Waals surface area contributed by atoms with E-state index in [0.717, 1.165) is 11.8 Å². The van der Waals surface area contributed by atoms with Crippen LogP contribution in [-0.4, -0.2) is 37.1 Å². The van der Waals surface area contributed by atoms with Crippen molar-refractivity contribution >= 4 is 0 Å². The molecule has 2 atom stereocenters. The van der Waals surface area contributed by atoms with Gasteiger partial charge >= 0.3 is 0 Å². The van der Waals surface area contributed by atoms with Crippen molar-refractivity contribution in [2.45, 2.75) is 72.9 Å². The first-order valence-electron chi connectivity index (χ1n) is 7.87. The Bertz CT molecular complexity index is 180. The normalized spacial score (nSPS) is 15.7. The predicted octanol–water partition coefficient (Wildman–Crippen LogP) is 3.77. The van der Waals surface area contributed by atoms with E-state index in [0.29, 0.717) is 12.1 Å². The van der Waals surface area contributed by atoms with E-state index in [2.05, 4.69) is 58.8 Å². The van der Waals surface area contributed by atoms with Crippen LogP contribution in [0.15, 0.2) is 0 Å². The van der Waals surface area contributed by atoms with Crippen LogP contribution in [-0.2, 0) is 0 Å². The van der Waals surface area contributed by atoms with Gasteiger partial charge in [0.25, 0.3) is 0 Å². The first-order valence-corrected chi connectivity index (χ1v) is 7.87. The van der Waals surface area contributed by atoms with E-state index in [1.54, 1.807) is 0 Å². The minimum atomic E-state index is 0.637. The third-order valence-corrected chi connectivity index (χ3v) is 3.52. The summed E-state index contributed by atoms with van der Waals surface area (Å²) in [6.07, 6.45) is 3.78. The monoisotopic (exact) mass is 256 g/mol. The molecule has 110 valence electrons. The summed E-state index contributed by atoms with van der Waals surface area (Å²) in [5.41, 5.74) is 0. The fourth-order valence-electron chi connectivity index (χ4n) is 2.92. The molecule has 0 spiro atoms. The second kappa shape index (κ2) is 9.80. The molecule has 0 saturated heterocycles. The molecule has 0 heterocycles. The number of nitrogens with one attached hydrogen (secondary N) is 1. The van der Waals surface area contributed by atoms with E-state index in [-0.39, 0.29) is 0 Å². The summed E-state index contributed by atoms with van der Waals surface area (Å²) in [6, 6.07) is 1.32. The van der Waals surface area contributed by atoms with Crippen LogP contribution in [0.4, 0.5) is 0 Å². The summed E-state index contributed by atoms with van der Waals surface area (Å²) in [5.74, 6) is 1.49.